The first kappa shape index (κ1) is 14.0. The van der Waals surface area contributed by atoms with Crippen LogP contribution in [0.5, 0.6) is 0 Å². The summed E-state index contributed by atoms with van der Waals surface area (Å²) in [6.45, 7) is 8.50. The van der Waals surface area contributed by atoms with Crippen LogP contribution >= 0.6 is 11.3 Å². The summed E-state index contributed by atoms with van der Waals surface area (Å²) in [5.74, 6) is 0.687. The molecule has 1 atom stereocenters. The molecule has 0 aliphatic heterocycles. The van der Waals surface area contributed by atoms with E-state index in [1.54, 1.807) is 11.3 Å². The fraction of sp³-hybridized carbons (Fsp3) is 0.353. The molecule has 2 rings (SSSR count). The molecule has 1 aromatic carbocycles. The van der Waals surface area contributed by atoms with Crippen molar-refractivity contribution >= 4 is 17.1 Å². The van der Waals surface area contributed by atoms with Crippen LogP contribution in [-0.2, 0) is 0 Å². The summed E-state index contributed by atoms with van der Waals surface area (Å²) in [5, 5.41) is 0. The van der Waals surface area contributed by atoms with E-state index in [4.69, 9.17) is 0 Å². The molecule has 0 aliphatic rings. The van der Waals surface area contributed by atoms with Gasteiger partial charge in [-0.15, -0.1) is 11.3 Å². The molecule has 0 N–H and O–H groups in total. The maximum absolute atomic E-state index is 12.4. The van der Waals surface area contributed by atoms with E-state index in [9.17, 15) is 4.79 Å². The minimum absolute atomic E-state index is 0.136. The maximum atomic E-state index is 12.4. The molecule has 0 amide bonds. The number of aryl methyl sites for hydroxylation is 2. The molecule has 1 aromatic heterocycles. The van der Waals surface area contributed by atoms with Crippen molar-refractivity contribution in [2.45, 2.75) is 40.0 Å². The number of ketones is 1. The van der Waals surface area contributed by atoms with E-state index in [-0.39, 0.29) is 5.78 Å². The highest BCUT2D eigenvalue weighted by Crippen LogP contribution is 2.24. The molecule has 0 saturated carbocycles. The SMILES string of the molecule is CCC(C)c1ccc(C(=O)c2cc(C)c(C)s2)cc1. The topological polar surface area (TPSA) is 17.1 Å². The van der Waals surface area contributed by atoms with Crippen LogP contribution in [0, 0.1) is 13.8 Å². The van der Waals surface area contributed by atoms with Crippen molar-refractivity contribution in [3.8, 4) is 0 Å². The van der Waals surface area contributed by atoms with Crippen LogP contribution in [0.25, 0.3) is 0 Å². The number of carbonyl (C=O) groups excluding carboxylic acids is 1. The second-order valence-electron chi connectivity index (χ2n) is 5.11. The van der Waals surface area contributed by atoms with Gasteiger partial charge in [-0.2, -0.15) is 0 Å². The second kappa shape index (κ2) is 5.70. The van der Waals surface area contributed by atoms with E-state index in [1.165, 1.54) is 16.0 Å². The predicted octanol–water partition coefficient (Wildman–Crippen LogP) is 5.11. The summed E-state index contributed by atoms with van der Waals surface area (Å²) >= 11 is 1.58. The quantitative estimate of drug-likeness (QED) is 0.707. The first-order valence-corrected chi connectivity index (χ1v) is 7.56. The summed E-state index contributed by atoms with van der Waals surface area (Å²) < 4.78 is 0. The minimum atomic E-state index is 0.136. The molecule has 0 radical (unpaired) electrons. The van der Waals surface area contributed by atoms with Gasteiger partial charge in [0, 0.05) is 10.4 Å². The zero-order chi connectivity index (χ0) is 14.0. The summed E-state index contributed by atoms with van der Waals surface area (Å²) in [6.07, 6.45) is 1.12. The van der Waals surface area contributed by atoms with Gasteiger partial charge >= 0.3 is 0 Å². The lowest BCUT2D eigenvalue weighted by molar-refractivity contribution is 0.104. The Bertz CT molecular complexity index is 558. The molecule has 1 unspecified atom stereocenters. The van der Waals surface area contributed by atoms with Gasteiger partial charge < -0.3 is 0 Å². The highest BCUT2D eigenvalue weighted by Gasteiger charge is 2.13. The lowest BCUT2D eigenvalue weighted by Crippen LogP contribution is -1.99. The van der Waals surface area contributed by atoms with Crippen LogP contribution in [0.15, 0.2) is 30.3 Å². The van der Waals surface area contributed by atoms with Crippen LogP contribution < -0.4 is 0 Å². The van der Waals surface area contributed by atoms with Gasteiger partial charge in [-0.25, -0.2) is 0 Å². The Balaban J connectivity index is 2.25. The van der Waals surface area contributed by atoms with E-state index in [2.05, 4.69) is 39.8 Å². The van der Waals surface area contributed by atoms with E-state index in [0.717, 1.165) is 16.9 Å². The molecule has 0 saturated heterocycles. The summed E-state index contributed by atoms with van der Waals surface area (Å²) in [7, 11) is 0. The lowest BCUT2D eigenvalue weighted by atomic mass is 9.96. The summed E-state index contributed by atoms with van der Waals surface area (Å²) in [4.78, 5) is 14.4. The van der Waals surface area contributed by atoms with Gasteiger partial charge in [0.2, 0.25) is 5.78 Å². The Hall–Kier alpha value is -1.41. The summed E-state index contributed by atoms with van der Waals surface area (Å²) in [6, 6.07) is 10.1. The van der Waals surface area contributed by atoms with Crippen molar-refractivity contribution in [1.29, 1.82) is 0 Å². The molecule has 2 aromatic rings. The Morgan fingerprint density at radius 1 is 1.21 bits per heavy atom. The third-order valence-electron chi connectivity index (χ3n) is 3.74. The molecule has 0 spiro atoms. The normalized spacial score (nSPS) is 12.4. The Labute approximate surface area is 119 Å². The molecule has 19 heavy (non-hydrogen) atoms. The smallest absolute Gasteiger partial charge is 0.202 e. The van der Waals surface area contributed by atoms with Crippen LogP contribution in [0.4, 0.5) is 0 Å². The Morgan fingerprint density at radius 3 is 2.32 bits per heavy atom. The first-order valence-electron chi connectivity index (χ1n) is 6.74. The highest BCUT2D eigenvalue weighted by atomic mass is 32.1. The third-order valence-corrected chi connectivity index (χ3v) is 4.90. The minimum Gasteiger partial charge on any atom is -0.288 e. The van der Waals surface area contributed by atoms with Crippen molar-refractivity contribution < 1.29 is 4.79 Å². The van der Waals surface area contributed by atoms with Gasteiger partial charge in [-0.05, 0) is 43.4 Å². The Kier molecular flexibility index (Phi) is 4.20. The van der Waals surface area contributed by atoms with Crippen molar-refractivity contribution in [2.24, 2.45) is 0 Å². The molecular formula is C17H20OS. The molecule has 0 fully saturated rings. The molecular weight excluding hydrogens is 252 g/mol. The fourth-order valence-corrected chi connectivity index (χ4v) is 3.02. The highest BCUT2D eigenvalue weighted by molar-refractivity contribution is 7.14. The number of hydrogen-bond acceptors (Lipinski definition) is 2. The number of carbonyl (C=O) groups is 1. The van der Waals surface area contributed by atoms with E-state index >= 15 is 0 Å². The van der Waals surface area contributed by atoms with Gasteiger partial charge in [0.15, 0.2) is 0 Å². The zero-order valence-electron chi connectivity index (χ0n) is 12.0. The molecule has 100 valence electrons. The zero-order valence-corrected chi connectivity index (χ0v) is 12.8. The van der Waals surface area contributed by atoms with Crippen LogP contribution in [0.3, 0.4) is 0 Å². The maximum Gasteiger partial charge on any atom is 0.202 e. The molecule has 0 bridgehead atoms. The average Bonchev–Trinajstić information content (AvgIpc) is 2.77. The molecule has 1 nitrogen and oxygen atoms in total. The molecule has 1 heterocycles. The van der Waals surface area contributed by atoms with Crippen LogP contribution in [-0.4, -0.2) is 5.78 Å². The third kappa shape index (κ3) is 2.95. The lowest BCUT2D eigenvalue weighted by Gasteiger charge is -2.09. The molecule has 0 aliphatic carbocycles. The van der Waals surface area contributed by atoms with Crippen molar-refractivity contribution in [1.82, 2.24) is 0 Å². The van der Waals surface area contributed by atoms with E-state index < -0.39 is 0 Å². The van der Waals surface area contributed by atoms with E-state index in [0.29, 0.717) is 5.92 Å². The monoisotopic (exact) mass is 272 g/mol. The van der Waals surface area contributed by atoms with E-state index in [1.807, 2.05) is 18.2 Å². The van der Waals surface area contributed by atoms with Crippen molar-refractivity contribution in [3.05, 3.63) is 56.8 Å². The number of thiophene rings is 1. The number of benzene rings is 1. The molecule has 2 heteroatoms. The average molecular weight is 272 g/mol. The van der Waals surface area contributed by atoms with Gasteiger partial charge in [0.25, 0.3) is 0 Å². The van der Waals surface area contributed by atoms with Crippen molar-refractivity contribution in [2.75, 3.05) is 0 Å². The van der Waals surface area contributed by atoms with Gasteiger partial charge in [-0.3, -0.25) is 4.79 Å². The second-order valence-corrected chi connectivity index (χ2v) is 6.37. The van der Waals surface area contributed by atoms with Gasteiger partial charge in [0.05, 0.1) is 4.88 Å². The number of rotatable bonds is 4. The fourth-order valence-electron chi connectivity index (χ4n) is 2.03. The predicted molar refractivity (Wildman–Crippen MR) is 82.4 cm³/mol. The van der Waals surface area contributed by atoms with Crippen LogP contribution in [0.1, 0.15) is 57.4 Å². The number of hydrogen-bond donors (Lipinski definition) is 0. The summed E-state index contributed by atoms with van der Waals surface area (Å²) in [5.41, 5.74) is 3.29. The first-order chi connectivity index (χ1) is 9.02. The van der Waals surface area contributed by atoms with Gasteiger partial charge in [0.1, 0.15) is 0 Å². The van der Waals surface area contributed by atoms with Crippen LogP contribution in [0.2, 0.25) is 0 Å². The largest absolute Gasteiger partial charge is 0.288 e. The van der Waals surface area contributed by atoms with Crippen molar-refractivity contribution in [3.63, 3.8) is 0 Å². The Morgan fingerprint density at radius 2 is 1.84 bits per heavy atom. The standard InChI is InChI=1S/C17H20OS/c1-5-11(2)14-6-8-15(9-7-14)17(18)16-10-12(3)13(4)19-16/h6-11H,5H2,1-4H3. The van der Waals surface area contributed by atoms with Gasteiger partial charge in [-0.1, -0.05) is 38.1 Å².